The summed E-state index contributed by atoms with van der Waals surface area (Å²) in [5.74, 6) is 0. The number of hydrogen-bond donors (Lipinski definition) is 0. The first kappa shape index (κ1) is 32.8. The topological polar surface area (TPSA) is 47.3 Å². The molecule has 5 nitrogen and oxygen atoms in total. The van der Waals surface area contributed by atoms with E-state index in [4.69, 9.17) is 13.8 Å². The van der Waals surface area contributed by atoms with Crippen molar-refractivity contribution >= 4 is 116 Å². The number of benzene rings is 8. The molecular weight excluding hydrogens is 753 g/mol. The third-order valence-corrected chi connectivity index (χ3v) is 14.2. The molecule has 0 unspecified atom stereocenters. The Bertz CT molecular complexity index is 3830. The summed E-state index contributed by atoms with van der Waals surface area (Å²) < 4.78 is 16.8. The van der Waals surface area contributed by atoms with Gasteiger partial charge in [-0.15, -0.1) is 11.3 Å². The molecule has 0 saturated carbocycles. The van der Waals surface area contributed by atoms with Crippen LogP contribution in [0.15, 0.2) is 160 Å². The van der Waals surface area contributed by atoms with Gasteiger partial charge in [-0.2, -0.15) is 0 Å². The van der Waals surface area contributed by atoms with Gasteiger partial charge in [0, 0.05) is 60.5 Å². The molecule has 0 amide bonds. The summed E-state index contributed by atoms with van der Waals surface area (Å²) >= 11 is 1.76. The van der Waals surface area contributed by atoms with Gasteiger partial charge in [0.15, 0.2) is 0 Å². The number of furan rings is 2. The zero-order valence-corrected chi connectivity index (χ0v) is 33.9. The van der Waals surface area contributed by atoms with Gasteiger partial charge in [-0.1, -0.05) is 112 Å². The van der Waals surface area contributed by atoms with E-state index in [2.05, 4.69) is 176 Å². The SMILES string of the molecule is CC(C)(C)c1ccc(N2B3c4cc5nc(-c6ccccc6)sc5cc4-n4c5cc6c(cc5c5ccc(c3c54)-c3cc4oc5ccccc5c4cc32)oc2ccccc26)cc1. The molecule has 8 aromatic carbocycles. The maximum Gasteiger partial charge on any atom is 0.333 e. The van der Waals surface area contributed by atoms with E-state index >= 15 is 0 Å². The molecule has 0 N–H and O–H groups in total. The largest absolute Gasteiger partial charge is 0.456 e. The molecule has 0 aliphatic carbocycles. The van der Waals surface area contributed by atoms with E-state index < -0.39 is 0 Å². The van der Waals surface area contributed by atoms with Gasteiger partial charge in [0.05, 0.1) is 21.3 Å². The first-order valence-corrected chi connectivity index (χ1v) is 21.5. The summed E-state index contributed by atoms with van der Waals surface area (Å²) in [6, 6.07) is 55.4. The van der Waals surface area contributed by atoms with Crippen LogP contribution in [-0.4, -0.2) is 16.4 Å². The Morgan fingerprint density at radius 3 is 2.02 bits per heavy atom. The third kappa shape index (κ3) is 4.29. The third-order valence-electron chi connectivity index (χ3n) is 13.1. The van der Waals surface area contributed by atoms with E-state index in [-0.39, 0.29) is 12.3 Å². The molecule has 0 bridgehead atoms. The molecule has 0 saturated heterocycles. The molecule has 0 atom stereocenters. The number of fused-ring (bicyclic) bond motifs is 15. The Morgan fingerprint density at radius 2 is 1.27 bits per heavy atom. The molecule has 12 aromatic rings. The molecule has 14 rings (SSSR count). The molecule has 2 aliphatic rings. The smallest absolute Gasteiger partial charge is 0.333 e. The summed E-state index contributed by atoms with van der Waals surface area (Å²) in [4.78, 5) is 7.94. The van der Waals surface area contributed by atoms with Gasteiger partial charge in [0.1, 0.15) is 27.3 Å². The van der Waals surface area contributed by atoms with Crippen LogP contribution in [0.25, 0.3) is 103 Å². The molecule has 60 heavy (non-hydrogen) atoms. The summed E-state index contributed by atoms with van der Waals surface area (Å²) in [5, 5.41) is 7.91. The number of anilines is 2. The maximum absolute atomic E-state index is 6.60. The molecule has 282 valence electrons. The lowest BCUT2D eigenvalue weighted by molar-refractivity contribution is 0.590. The minimum absolute atomic E-state index is 0.0224. The molecule has 2 aliphatic heterocycles. The quantitative estimate of drug-likeness (QED) is 0.164. The van der Waals surface area contributed by atoms with E-state index in [0.29, 0.717) is 0 Å². The van der Waals surface area contributed by atoms with Crippen molar-refractivity contribution in [1.82, 2.24) is 9.55 Å². The van der Waals surface area contributed by atoms with E-state index in [1.165, 1.54) is 54.2 Å². The summed E-state index contributed by atoms with van der Waals surface area (Å²) in [5.41, 5.74) is 17.9. The van der Waals surface area contributed by atoms with Gasteiger partial charge < -0.3 is 18.2 Å². The second kappa shape index (κ2) is 11.3. The van der Waals surface area contributed by atoms with Crippen LogP contribution in [0.1, 0.15) is 26.3 Å². The van der Waals surface area contributed by atoms with Crippen molar-refractivity contribution in [2.24, 2.45) is 0 Å². The van der Waals surface area contributed by atoms with E-state index in [1.54, 1.807) is 11.3 Å². The van der Waals surface area contributed by atoms with Gasteiger partial charge in [0.25, 0.3) is 0 Å². The number of thiazole rings is 1. The second-order valence-corrected chi connectivity index (χ2v) is 18.5. The Morgan fingerprint density at radius 1 is 0.567 bits per heavy atom. The van der Waals surface area contributed by atoms with Crippen LogP contribution in [0, 0.1) is 0 Å². The van der Waals surface area contributed by atoms with Gasteiger partial charge in [0.2, 0.25) is 0 Å². The molecule has 7 heteroatoms. The molecule has 4 aromatic heterocycles. The van der Waals surface area contributed by atoms with Crippen molar-refractivity contribution < 1.29 is 8.83 Å². The van der Waals surface area contributed by atoms with Gasteiger partial charge in [-0.05, 0) is 88.1 Å². The van der Waals surface area contributed by atoms with Crippen molar-refractivity contribution in [3.8, 4) is 27.4 Å². The highest BCUT2D eigenvalue weighted by Gasteiger charge is 2.44. The van der Waals surface area contributed by atoms with Crippen molar-refractivity contribution in [3.05, 3.63) is 157 Å². The zero-order chi connectivity index (χ0) is 39.6. The summed E-state index contributed by atoms with van der Waals surface area (Å²) in [6.07, 6.45) is 0. The van der Waals surface area contributed by atoms with Crippen LogP contribution in [0.2, 0.25) is 0 Å². The van der Waals surface area contributed by atoms with Crippen LogP contribution in [0.3, 0.4) is 0 Å². The van der Waals surface area contributed by atoms with Crippen molar-refractivity contribution in [2.45, 2.75) is 26.2 Å². The van der Waals surface area contributed by atoms with Crippen LogP contribution in [0.5, 0.6) is 0 Å². The predicted octanol–water partition coefficient (Wildman–Crippen LogP) is 13.4. The van der Waals surface area contributed by atoms with E-state index in [0.717, 1.165) is 76.9 Å². The number of aromatic nitrogens is 2. The van der Waals surface area contributed by atoms with Crippen molar-refractivity contribution in [1.29, 1.82) is 0 Å². The molecule has 0 fully saturated rings. The van der Waals surface area contributed by atoms with Gasteiger partial charge in [-0.3, -0.25) is 0 Å². The fraction of sp³-hybridized carbons (Fsp3) is 0.0755. The highest BCUT2D eigenvalue weighted by Crippen LogP contribution is 2.49. The summed E-state index contributed by atoms with van der Waals surface area (Å²) in [7, 11) is 0. The number of hydrogen-bond acceptors (Lipinski definition) is 5. The van der Waals surface area contributed by atoms with Crippen molar-refractivity contribution in [3.63, 3.8) is 0 Å². The van der Waals surface area contributed by atoms with Crippen molar-refractivity contribution in [2.75, 3.05) is 4.81 Å². The van der Waals surface area contributed by atoms with Gasteiger partial charge in [-0.25, -0.2) is 4.98 Å². The van der Waals surface area contributed by atoms with E-state index in [1.807, 2.05) is 6.07 Å². The first-order chi connectivity index (χ1) is 29.4. The normalized spacial score (nSPS) is 13.5. The fourth-order valence-corrected chi connectivity index (χ4v) is 11.3. The van der Waals surface area contributed by atoms with Crippen LogP contribution in [0.4, 0.5) is 11.4 Å². The lowest BCUT2D eigenvalue weighted by atomic mass is 9.44. The number of nitrogens with zero attached hydrogens (tertiary/aromatic N) is 3. The van der Waals surface area contributed by atoms with Gasteiger partial charge >= 0.3 is 6.85 Å². The Hall–Kier alpha value is -7.09. The highest BCUT2D eigenvalue weighted by atomic mass is 32.1. The summed E-state index contributed by atoms with van der Waals surface area (Å²) in [6.45, 7) is 6.70. The lowest BCUT2D eigenvalue weighted by Crippen LogP contribution is -2.60. The average Bonchev–Trinajstić information content (AvgIpc) is 4.04. The second-order valence-electron chi connectivity index (χ2n) is 17.5. The average molecular weight is 788 g/mol. The monoisotopic (exact) mass is 787 g/mol. The maximum atomic E-state index is 6.60. The number of rotatable bonds is 2. The standard InChI is InChI=1S/C53H34BN3O2S/c1-53(2,3)30-17-19-31(20-18-30)57-43-24-39-33-14-8-10-16-46(33)58-47(39)25-36(43)34-21-22-35-37-26-48-38(32-13-7-9-15-45(32)59-48)23-42(37)56-44-28-49-41(27-40(44)54(57)50(34)51(35)56)55-52(60-49)29-11-5-4-6-12-29/h4-28H,1-3H3. The Balaban J connectivity index is 1.14. The fourth-order valence-electron chi connectivity index (χ4n) is 10.4. The van der Waals surface area contributed by atoms with Crippen LogP contribution >= 0.6 is 11.3 Å². The number of para-hydroxylation sites is 2. The van der Waals surface area contributed by atoms with E-state index in [9.17, 15) is 0 Å². The Kier molecular flexibility index (Phi) is 6.21. The first-order valence-electron chi connectivity index (χ1n) is 20.6. The molecule has 6 heterocycles. The van der Waals surface area contributed by atoms with Crippen LogP contribution < -0.4 is 15.7 Å². The Labute approximate surface area is 348 Å². The zero-order valence-electron chi connectivity index (χ0n) is 33.1. The minimum atomic E-state index is -0.144. The minimum Gasteiger partial charge on any atom is -0.456 e. The predicted molar refractivity (Wildman–Crippen MR) is 252 cm³/mol. The van der Waals surface area contributed by atoms with Crippen LogP contribution in [-0.2, 0) is 5.41 Å². The molecular formula is C53H34BN3O2S. The highest BCUT2D eigenvalue weighted by molar-refractivity contribution is 7.21. The molecule has 0 radical (unpaired) electrons. The molecule has 0 spiro atoms. The lowest BCUT2D eigenvalue weighted by Gasteiger charge is -2.42.